The van der Waals surface area contributed by atoms with Gasteiger partial charge in [-0.15, -0.1) is 0 Å². The van der Waals surface area contributed by atoms with E-state index in [4.69, 9.17) is 33.7 Å². The van der Waals surface area contributed by atoms with Gasteiger partial charge in [0.1, 0.15) is 6.61 Å². The monoisotopic (exact) mass is 345 g/mol. The normalized spacial score (nSPS) is 10.4. The van der Waals surface area contributed by atoms with Crippen LogP contribution in [0.4, 0.5) is 5.69 Å². The fourth-order valence-electron chi connectivity index (χ4n) is 1.50. The van der Waals surface area contributed by atoms with Gasteiger partial charge in [-0.2, -0.15) is 0 Å². The summed E-state index contributed by atoms with van der Waals surface area (Å²) < 4.78 is 6.40. The molecule has 0 aliphatic heterocycles. The summed E-state index contributed by atoms with van der Waals surface area (Å²) in [5, 5.41) is 1.23. The molecule has 0 aliphatic rings. The van der Waals surface area contributed by atoms with Crippen molar-refractivity contribution in [3.8, 4) is 5.75 Å². The molecule has 0 heterocycles. The molecule has 2 rings (SSSR count). The van der Waals surface area contributed by atoms with Crippen LogP contribution < -0.4 is 10.5 Å². The predicted octanol–water partition coefficient (Wildman–Crippen LogP) is 4.92. The minimum Gasteiger partial charge on any atom is -0.485 e. The van der Waals surface area contributed by atoms with Crippen LogP contribution in [0.1, 0.15) is 5.56 Å². The van der Waals surface area contributed by atoms with E-state index in [-0.39, 0.29) is 0 Å². The van der Waals surface area contributed by atoms with Crippen molar-refractivity contribution in [2.45, 2.75) is 6.61 Å². The molecule has 0 aliphatic carbocycles. The Morgan fingerprint density at radius 1 is 1.17 bits per heavy atom. The zero-order valence-corrected chi connectivity index (χ0v) is 12.4. The number of rotatable bonds is 3. The van der Waals surface area contributed by atoms with Crippen molar-refractivity contribution in [1.29, 1.82) is 0 Å². The SMILES string of the molecule is Nc1cc(Cl)cc(Br)c1OCc1ccccc1Cl. The quantitative estimate of drug-likeness (QED) is 0.801. The number of ether oxygens (including phenoxy) is 1. The molecule has 94 valence electrons. The third-order valence-electron chi connectivity index (χ3n) is 2.37. The van der Waals surface area contributed by atoms with Crippen LogP contribution in [0.25, 0.3) is 0 Å². The van der Waals surface area contributed by atoms with E-state index < -0.39 is 0 Å². The Labute approximate surface area is 124 Å². The van der Waals surface area contributed by atoms with Crippen LogP contribution in [0.3, 0.4) is 0 Å². The van der Waals surface area contributed by atoms with Gasteiger partial charge in [-0.3, -0.25) is 0 Å². The van der Waals surface area contributed by atoms with E-state index in [0.717, 1.165) is 10.0 Å². The molecule has 0 fully saturated rings. The number of nitrogens with two attached hydrogens (primary N) is 1. The van der Waals surface area contributed by atoms with Gasteiger partial charge >= 0.3 is 0 Å². The fourth-order valence-corrected chi connectivity index (χ4v) is 2.64. The highest BCUT2D eigenvalue weighted by Crippen LogP contribution is 2.35. The largest absolute Gasteiger partial charge is 0.485 e. The van der Waals surface area contributed by atoms with Crippen LogP contribution >= 0.6 is 39.1 Å². The number of nitrogen functional groups attached to an aromatic ring is 1. The average molecular weight is 347 g/mol. The van der Waals surface area contributed by atoms with Crippen LogP contribution in [-0.2, 0) is 6.61 Å². The van der Waals surface area contributed by atoms with Crippen LogP contribution in [0, 0.1) is 0 Å². The second-order valence-corrected chi connectivity index (χ2v) is 5.38. The molecule has 0 spiro atoms. The molecule has 0 atom stereocenters. The van der Waals surface area contributed by atoms with E-state index >= 15 is 0 Å². The molecule has 0 unspecified atom stereocenters. The van der Waals surface area contributed by atoms with Gasteiger partial charge in [0.25, 0.3) is 0 Å². The highest BCUT2D eigenvalue weighted by molar-refractivity contribution is 9.10. The molecule has 5 heteroatoms. The fraction of sp³-hybridized carbons (Fsp3) is 0.0769. The molecule has 0 saturated heterocycles. The lowest BCUT2D eigenvalue weighted by Crippen LogP contribution is -2.00. The maximum atomic E-state index is 6.05. The van der Waals surface area contributed by atoms with E-state index in [9.17, 15) is 0 Å². The Bertz CT molecular complexity index is 552. The van der Waals surface area contributed by atoms with E-state index in [1.807, 2.05) is 24.3 Å². The molecule has 0 aromatic heterocycles. The van der Waals surface area contributed by atoms with Crippen LogP contribution in [0.5, 0.6) is 5.75 Å². The van der Waals surface area contributed by atoms with Gasteiger partial charge < -0.3 is 10.5 Å². The molecular weight excluding hydrogens is 337 g/mol. The zero-order chi connectivity index (χ0) is 13.1. The maximum Gasteiger partial charge on any atom is 0.156 e. The van der Waals surface area contributed by atoms with Gasteiger partial charge in [-0.1, -0.05) is 41.4 Å². The Kier molecular flexibility index (Phi) is 4.38. The Morgan fingerprint density at radius 2 is 1.89 bits per heavy atom. The lowest BCUT2D eigenvalue weighted by molar-refractivity contribution is 0.306. The maximum absolute atomic E-state index is 6.05. The topological polar surface area (TPSA) is 35.2 Å². The van der Waals surface area contributed by atoms with Gasteiger partial charge in [-0.05, 0) is 34.1 Å². The lowest BCUT2D eigenvalue weighted by Gasteiger charge is -2.12. The molecule has 0 bridgehead atoms. The Hall–Kier alpha value is -0.900. The van der Waals surface area contributed by atoms with Crippen molar-refractivity contribution in [3.63, 3.8) is 0 Å². The first-order chi connectivity index (χ1) is 8.58. The lowest BCUT2D eigenvalue weighted by atomic mass is 10.2. The van der Waals surface area contributed by atoms with E-state index in [1.165, 1.54) is 0 Å². The van der Waals surface area contributed by atoms with Crippen LogP contribution in [0.15, 0.2) is 40.9 Å². The molecule has 0 radical (unpaired) electrons. The van der Waals surface area contributed by atoms with Gasteiger partial charge in [0.05, 0.1) is 10.2 Å². The standard InChI is InChI=1S/C13H10BrCl2NO/c14-10-5-9(15)6-12(17)13(10)18-7-8-3-1-2-4-11(8)16/h1-6H,7,17H2. The zero-order valence-electron chi connectivity index (χ0n) is 9.29. The third kappa shape index (κ3) is 3.10. The average Bonchev–Trinajstić information content (AvgIpc) is 2.30. The molecule has 0 saturated carbocycles. The summed E-state index contributed by atoms with van der Waals surface area (Å²) in [6.45, 7) is 0.351. The van der Waals surface area contributed by atoms with E-state index in [1.54, 1.807) is 12.1 Å². The van der Waals surface area contributed by atoms with Crippen molar-refractivity contribution in [3.05, 3.63) is 56.5 Å². The molecular formula is C13H10BrCl2NO. The minimum atomic E-state index is 0.351. The number of halogens is 3. The third-order valence-corrected chi connectivity index (χ3v) is 3.54. The summed E-state index contributed by atoms with van der Waals surface area (Å²) >= 11 is 15.3. The first-order valence-electron chi connectivity index (χ1n) is 5.18. The number of hydrogen-bond donors (Lipinski definition) is 1. The highest BCUT2D eigenvalue weighted by atomic mass is 79.9. The Balaban J connectivity index is 2.19. The van der Waals surface area contributed by atoms with Crippen molar-refractivity contribution in [1.82, 2.24) is 0 Å². The summed E-state index contributed by atoms with van der Waals surface area (Å²) in [5.74, 6) is 0.569. The number of benzene rings is 2. The number of hydrogen-bond acceptors (Lipinski definition) is 2. The van der Waals surface area contributed by atoms with E-state index in [0.29, 0.717) is 28.1 Å². The smallest absolute Gasteiger partial charge is 0.156 e. The summed E-state index contributed by atoms with van der Waals surface area (Å²) in [4.78, 5) is 0. The second-order valence-electron chi connectivity index (χ2n) is 3.69. The second kappa shape index (κ2) is 5.83. The minimum absolute atomic E-state index is 0.351. The molecule has 2 aromatic carbocycles. The van der Waals surface area contributed by atoms with Gasteiger partial charge in [0.15, 0.2) is 5.75 Å². The summed E-state index contributed by atoms with van der Waals surface area (Å²) in [7, 11) is 0. The predicted molar refractivity (Wildman–Crippen MR) is 79.3 cm³/mol. The highest BCUT2D eigenvalue weighted by Gasteiger charge is 2.09. The van der Waals surface area contributed by atoms with Crippen molar-refractivity contribution in [2.75, 3.05) is 5.73 Å². The summed E-state index contributed by atoms with van der Waals surface area (Å²) in [6, 6.07) is 10.9. The van der Waals surface area contributed by atoms with E-state index in [2.05, 4.69) is 15.9 Å². The van der Waals surface area contributed by atoms with Crippen molar-refractivity contribution >= 4 is 44.8 Å². The van der Waals surface area contributed by atoms with Crippen LogP contribution in [0.2, 0.25) is 10.0 Å². The first kappa shape index (κ1) is 13.5. The summed E-state index contributed by atoms with van der Waals surface area (Å²) in [6.07, 6.45) is 0. The summed E-state index contributed by atoms with van der Waals surface area (Å²) in [5.41, 5.74) is 7.24. The van der Waals surface area contributed by atoms with Gasteiger partial charge in [-0.25, -0.2) is 0 Å². The number of anilines is 1. The van der Waals surface area contributed by atoms with Gasteiger partial charge in [0.2, 0.25) is 0 Å². The first-order valence-corrected chi connectivity index (χ1v) is 6.73. The van der Waals surface area contributed by atoms with Crippen molar-refractivity contribution in [2.24, 2.45) is 0 Å². The molecule has 18 heavy (non-hydrogen) atoms. The molecule has 0 amide bonds. The van der Waals surface area contributed by atoms with Crippen molar-refractivity contribution < 1.29 is 4.74 Å². The van der Waals surface area contributed by atoms with Crippen LogP contribution in [-0.4, -0.2) is 0 Å². The molecule has 2 N–H and O–H groups in total. The molecule has 2 aromatic rings. The molecule has 2 nitrogen and oxygen atoms in total. The van der Waals surface area contributed by atoms with Gasteiger partial charge in [0, 0.05) is 15.6 Å². The Morgan fingerprint density at radius 3 is 2.56 bits per heavy atom.